The van der Waals surface area contributed by atoms with Crippen molar-refractivity contribution < 1.29 is 18.9 Å². The highest BCUT2D eigenvalue weighted by molar-refractivity contribution is 5.47. The molecule has 4 heteroatoms. The summed E-state index contributed by atoms with van der Waals surface area (Å²) >= 11 is 0. The molecule has 0 N–H and O–H groups in total. The first kappa shape index (κ1) is 32.6. The third-order valence-corrected chi connectivity index (χ3v) is 8.99. The van der Waals surface area contributed by atoms with Gasteiger partial charge in [0.25, 0.3) is 0 Å². The number of rotatable bonds is 17. The Morgan fingerprint density at radius 2 is 1.14 bits per heavy atom. The van der Waals surface area contributed by atoms with Gasteiger partial charge in [-0.1, -0.05) is 161 Å². The minimum absolute atomic E-state index is 0.155. The summed E-state index contributed by atoms with van der Waals surface area (Å²) in [7, 11) is 0. The average Bonchev–Trinajstić information content (AvgIpc) is 3.54. The molecule has 2 aliphatic rings. The molecule has 0 spiro atoms. The molecule has 4 atom stereocenters. The van der Waals surface area contributed by atoms with Crippen molar-refractivity contribution in [2.75, 3.05) is 6.61 Å². The topological polar surface area (TPSA) is 36.9 Å². The highest BCUT2D eigenvalue weighted by Crippen LogP contribution is 2.43. The highest BCUT2D eigenvalue weighted by atomic mass is 16.8. The van der Waals surface area contributed by atoms with Gasteiger partial charge in [-0.15, -0.1) is 0 Å². The first-order valence-corrected chi connectivity index (χ1v) is 17.0. The molecule has 2 fully saturated rings. The van der Waals surface area contributed by atoms with E-state index in [0.717, 1.165) is 23.1 Å². The van der Waals surface area contributed by atoms with E-state index in [9.17, 15) is 0 Å². The third-order valence-electron chi connectivity index (χ3n) is 8.99. The summed E-state index contributed by atoms with van der Waals surface area (Å²) in [6.07, 6.45) is 16.8. The molecule has 5 rings (SSSR count). The van der Waals surface area contributed by atoms with Crippen LogP contribution in [0.3, 0.4) is 0 Å². The Morgan fingerprint density at radius 3 is 1.66 bits per heavy atom. The van der Waals surface area contributed by atoms with Gasteiger partial charge in [-0.25, -0.2) is 0 Å². The van der Waals surface area contributed by atoms with Gasteiger partial charge in [0.05, 0.1) is 6.61 Å². The minimum atomic E-state index is -0.804. The van der Waals surface area contributed by atoms with Crippen LogP contribution in [0, 0.1) is 0 Å². The summed E-state index contributed by atoms with van der Waals surface area (Å²) < 4.78 is 26.6. The number of allylic oxidation sites excluding steroid dienone is 1. The lowest BCUT2D eigenvalue weighted by molar-refractivity contribution is -0.190. The Kier molecular flexibility index (Phi) is 11.9. The summed E-state index contributed by atoms with van der Waals surface area (Å²) in [5.74, 6) is -0.657. The molecule has 2 heterocycles. The maximum atomic E-state index is 7.12. The van der Waals surface area contributed by atoms with Crippen molar-refractivity contribution in [1.82, 2.24) is 0 Å². The quantitative estimate of drug-likeness (QED) is 0.0883. The number of hydrogen-bond donors (Lipinski definition) is 0. The molecule has 2 unspecified atom stereocenters. The van der Waals surface area contributed by atoms with E-state index in [0.29, 0.717) is 6.61 Å². The van der Waals surface area contributed by atoms with Crippen LogP contribution in [0.5, 0.6) is 0 Å². The number of fused-ring (bicyclic) bond motifs is 1. The monoisotopic (exact) mass is 596 g/mol. The molecule has 0 aromatic heterocycles. The normalized spacial score (nSPS) is 22.9. The molecule has 3 aromatic rings. The fourth-order valence-electron chi connectivity index (χ4n) is 6.78. The van der Waals surface area contributed by atoms with Crippen LogP contribution in [-0.2, 0) is 24.5 Å². The zero-order valence-corrected chi connectivity index (χ0v) is 27.0. The lowest BCUT2D eigenvalue weighted by Gasteiger charge is -2.37. The van der Waals surface area contributed by atoms with Crippen molar-refractivity contribution in [3.63, 3.8) is 0 Å². The molecule has 0 saturated carbocycles. The first-order valence-electron chi connectivity index (χ1n) is 17.0. The predicted octanol–water partition coefficient (Wildman–Crippen LogP) is 9.76. The molecule has 4 nitrogen and oxygen atoms in total. The lowest BCUT2D eigenvalue weighted by Crippen LogP contribution is -2.39. The molecular formula is C40H52O4. The van der Waals surface area contributed by atoms with Crippen molar-refractivity contribution in [3.05, 3.63) is 120 Å². The van der Waals surface area contributed by atoms with Gasteiger partial charge in [0.15, 0.2) is 5.79 Å². The zero-order valence-electron chi connectivity index (χ0n) is 27.0. The zero-order chi connectivity index (χ0) is 30.7. The fraction of sp³-hybridized carbons (Fsp3) is 0.500. The molecule has 236 valence electrons. The summed E-state index contributed by atoms with van der Waals surface area (Å²) in [5, 5.41) is 0. The molecule has 2 saturated heterocycles. The van der Waals surface area contributed by atoms with E-state index in [4.69, 9.17) is 18.9 Å². The molecule has 44 heavy (non-hydrogen) atoms. The number of ether oxygens (including phenoxy) is 4. The van der Waals surface area contributed by atoms with E-state index >= 15 is 0 Å². The first-order chi connectivity index (χ1) is 21.5. The van der Waals surface area contributed by atoms with Crippen LogP contribution in [0.2, 0.25) is 0 Å². The van der Waals surface area contributed by atoms with E-state index in [1.807, 2.05) is 32.0 Å². The van der Waals surface area contributed by atoms with E-state index in [2.05, 4.69) is 91.9 Å². The van der Waals surface area contributed by atoms with Gasteiger partial charge in [-0.2, -0.15) is 0 Å². The number of unbranched alkanes of at least 4 members (excludes halogenated alkanes) is 9. The van der Waals surface area contributed by atoms with Crippen LogP contribution >= 0.6 is 0 Å². The second kappa shape index (κ2) is 16.0. The number of benzene rings is 3. The van der Waals surface area contributed by atoms with Crippen LogP contribution < -0.4 is 0 Å². The summed E-state index contributed by atoms with van der Waals surface area (Å²) in [6, 6.07) is 31.5. The van der Waals surface area contributed by atoms with Crippen LogP contribution in [-0.4, -0.2) is 36.8 Å². The summed E-state index contributed by atoms with van der Waals surface area (Å²) in [5.41, 5.74) is 2.43. The largest absolute Gasteiger partial charge is 0.363 e. The lowest BCUT2D eigenvalue weighted by atomic mass is 9.80. The SMILES string of the molecule is CCCCCCCCCCC/C=C\[C@H]1O[C@@H](COC(c2ccccc2)(c2ccccc2)c2ccccc2)C2OC(C)(C)OC21. The average molecular weight is 597 g/mol. The Morgan fingerprint density at radius 1 is 0.659 bits per heavy atom. The van der Waals surface area contributed by atoms with Crippen LogP contribution in [0.25, 0.3) is 0 Å². The van der Waals surface area contributed by atoms with Gasteiger partial charge >= 0.3 is 0 Å². The Labute approximate surface area is 265 Å². The maximum Gasteiger partial charge on any atom is 0.164 e. The molecule has 3 aromatic carbocycles. The van der Waals surface area contributed by atoms with Gasteiger partial charge in [0, 0.05) is 0 Å². The van der Waals surface area contributed by atoms with E-state index in [1.165, 1.54) is 57.8 Å². The minimum Gasteiger partial charge on any atom is -0.363 e. The second-order valence-electron chi connectivity index (χ2n) is 12.8. The summed E-state index contributed by atoms with van der Waals surface area (Å²) in [6.45, 7) is 6.63. The smallest absolute Gasteiger partial charge is 0.164 e. The fourth-order valence-corrected chi connectivity index (χ4v) is 6.78. The predicted molar refractivity (Wildman–Crippen MR) is 179 cm³/mol. The van der Waals surface area contributed by atoms with Crippen molar-refractivity contribution in [2.45, 2.75) is 121 Å². The molecule has 0 radical (unpaired) electrons. The molecule has 0 amide bonds. The number of hydrogen-bond acceptors (Lipinski definition) is 4. The maximum absolute atomic E-state index is 7.12. The standard InChI is InChI=1S/C40H52O4/c1-4-5-6-7-8-9-10-11-12-13-23-30-35-37-38(44-39(2,3)43-37)36(42-35)31-41-40(32-24-17-14-18-25-32,33-26-19-15-20-27-33)34-28-21-16-22-29-34/h14-30,35-38H,4-13,31H2,1-3H3/b30-23-/t35-,36+,37?,38?/m1/s1. The van der Waals surface area contributed by atoms with Crippen molar-refractivity contribution in [2.24, 2.45) is 0 Å². The van der Waals surface area contributed by atoms with Crippen molar-refractivity contribution in [3.8, 4) is 0 Å². The van der Waals surface area contributed by atoms with Gasteiger partial charge in [-0.3, -0.25) is 0 Å². The van der Waals surface area contributed by atoms with Gasteiger partial charge < -0.3 is 18.9 Å². The molecule has 2 aliphatic heterocycles. The summed E-state index contributed by atoms with van der Waals surface area (Å²) in [4.78, 5) is 0. The molecule has 0 aliphatic carbocycles. The van der Waals surface area contributed by atoms with Crippen molar-refractivity contribution >= 4 is 0 Å². The van der Waals surface area contributed by atoms with Gasteiger partial charge in [0.1, 0.15) is 30.0 Å². The van der Waals surface area contributed by atoms with Crippen LogP contribution in [0.15, 0.2) is 103 Å². The Balaban J connectivity index is 1.27. The van der Waals surface area contributed by atoms with E-state index in [-0.39, 0.29) is 24.4 Å². The molecular weight excluding hydrogens is 544 g/mol. The third kappa shape index (κ3) is 8.09. The Bertz CT molecular complexity index is 1160. The van der Waals surface area contributed by atoms with E-state index in [1.54, 1.807) is 0 Å². The van der Waals surface area contributed by atoms with Crippen LogP contribution in [0.4, 0.5) is 0 Å². The van der Waals surface area contributed by atoms with Gasteiger partial charge in [0.2, 0.25) is 0 Å². The van der Waals surface area contributed by atoms with Crippen molar-refractivity contribution in [1.29, 1.82) is 0 Å². The van der Waals surface area contributed by atoms with E-state index < -0.39 is 11.4 Å². The van der Waals surface area contributed by atoms with Crippen LogP contribution in [0.1, 0.15) is 102 Å². The van der Waals surface area contributed by atoms with Gasteiger partial charge in [-0.05, 0) is 43.4 Å². The highest BCUT2D eigenvalue weighted by Gasteiger charge is 2.55. The second-order valence-corrected chi connectivity index (χ2v) is 12.8. The Hall–Kier alpha value is -2.76. The molecule has 0 bridgehead atoms.